The van der Waals surface area contributed by atoms with Crippen LogP contribution in [0.5, 0.6) is 5.75 Å². The van der Waals surface area contributed by atoms with Crippen LogP contribution >= 0.6 is 11.3 Å². The quantitative estimate of drug-likeness (QED) is 0.402. The van der Waals surface area contributed by atoms with Gasteiger partial charge in [0.1, 0.15) is 11.3 Å². The molecule has 2 aromatic carbocycles. The van der Waals surface area contributed by atoms with Gasteiger partial charge in [-0.2, -0.15) is 0 Å². The molecule has 0 saturated heterocycles. The summed E-state index contributed by atoms with van der Waals surface area (Å²) in [5, 5.41) is 1.98. The maximum atomic E-state index is 13.7. The molecular formula is C16H9F5N2O2S. The molecule has 3 rings (SSSR count). The first-order chi connectivity index (χ1) is 12.3. The average Bonchev–Trinajstić information content (AvgIpc) is 3.00. The fourth-order valence-electron chi connectivity index (χ4n) is 2.18. The number of anilines is 1. The second kappa shape index (κ2) is 6.87. The monoisotopic (exact) mass is 388 g/mol. The van der Waals surface area contributed by atoms with Crippen LogP contribution in [-0.2, 0) is 0 Å². The van der Waals surface area contributed by atoms with Gasteiger partial charge in [0.25, 0.3) is 5.91 Å². The van der Waals surface area contributed by atoms with E-state index >= 15 is 0 Å². The van der Waals surface area contributed by atoms with Gasteiger partial charge in [0.2, 0.25) is 5.82 Å². The summed E-state index contributed by atoms with van der Waals surface area (Å²) in [6.07, 6.45) is 0. The van der Waals surface area contributed by atoms with Gasteiger partial charge in [-0.15, -0.1) is 0 Å². The van der Waals surface area contributed by atoms with Crippen molar-refractivity contribution < 1.29 is 31.5 Å². The number of hydrogen-bond acceptors (Lipinski definition) is 4. The molecule has 3 aromatic rings. The van der Waals surface area contributed by atoms with Crippen LogP contribution < -0.4 is 10.1 Å². The Hall–Kier alpha value is -2.75. The SMILES string of the molecule is CCOc1ccc2nc(NC(=O)c3c(F)c(F)c(F)c(F)c3F)sc2c1. The molecule has 0 atom stereocenters. The Balaban J connectivity index is 1.95. The number of aromatic nitrogens is 1. The van der Waals surface area contributed by atoms with Gasteiger partial charge in [-0.25, -0.2) is 26.9 Å². The number of carbonyl (C=O) groups excluding carboxylic acids is 1. The Morgan fingerprint density at radius 1 is 1.08 bits per heavy atom. The van der Waals surface area contributed by atoms with E-state index < -0.39 is 40.6 Å². The number of amides is 1. The summed E-state index contributed by atoms with van der Waals surface area (Å²) in [7, 11) is 0. The molecule has 26 heavy (non-hydrogen) atoms. The zero-order chi connectivity index (χ0) is 19.0. The maximum Gasteiger partial charge on any atom is 0.263 e. The summed E-state index contributed by atoms with van der Waals surface area (Å²) >= 11 is 0.954. The fraction of sp³-hybridized carbons (Fsp3) is 0.125. The predicted molar refractivity (Wildman–Crippen MR) is 85.0 cm³/mol. The first kappa shape index (κ1) is 18.1. The molecule has 0 spiro atoms. The highest BCUT2D eigenvalue weighted by Gasteiger charge is 2.30. The van der Waals surface area contributed by atoms with Crippen molar-refractivity contribution in [3.8, 4) is 5.75 Å². The Labute approximate surface area is 147 Å². The Bertz CT molecular complexity index is 993. The molecule has 4 nitrogen and oxygen atoms in total. The van der Waals surface area contributed by atoms with Crippen molar-refractivity contribution in [1.29, 1.82) is 0 Å². The van der Waals surface area contributed by atoms with Gasteiger partial charge in [-0.1, -0.05) is 11.3 Å². The van der Waals surface area contributed by atoms with Crippen LogP contribution in [0.2, 0.25) is 0 Å². The smallest absolute Gasteiger partial charge is 0.263 e. The molecule has 1 aromatic heterocycles. The van der Waals surface area contributed by atoms with E-state index in [1.165, 1.54) is 0 Å². The lowest BCUT2D eigenvalue weighted by molar-refractivity contribution is 0.101. The number of rotatable bonds is 4. The molecule has 10 heteroatoms. The molecule has 0 fully saturated rings. The third kappa shape index (κ3) is 3.07. The molecule has 136 valence electrons. The van der Waals surface area contributed by atoms with Gasteiger partial charge >= 0.3 is 0 Å². The van der Waals surface area contributed by atoms with Gasteiger partial charge in [0.15, 0.2) is 28.4 Å². The zero-order valence-corrected chi connectivity index (χ0v) is 13.8. The fourth-order valence-corrected chi connectivity index (χ4v) is 3.07. The van der Waals surface area contributed by atoms with Crippen LogP contribution in [0.25, 0.3) is 10.2 Å². The Morgan fingerprint density at radius 2 is 1.69 bits per heavy atom. The lowest BCUT2D eigenvalue weighted by atomic mass is 10.1. The normalized spacial score (nSPS) is 11.0. The van der Waals surface area contributed by atoms with E-state index in [2.05, 4.69) is 4.98 Å². The second-order valence-corrected chi connectivity index (χ2v) is 6.01. The third-order valence-corrected chi connectivity index (χ3v) is 4.26. The van der Waals surface area contributed by atoms with E-state index in [0.29, 0.717) is 22.6 Å². The Morgan fingerprint density at radius 3 is 2.31 bits per heavy atom. The van der Waals surface area contributed by atoms with Gasteiger partial charge in [-0.3, -0.25) is 10.1 Å². The number of ether oxygens (including phenoxy) is 1. The summed E-state index contributed by atoms with van der Waals surface area (Å²) in [6, 6.07) is 4.89. The number of carbonyl (C=O) groups is 1. The maximum absolute atomic E-state index is 13.7. The number of nitrogens with one attached hydrogen (secondary N) is 1. The van der Waals surface area contributed by atoms with Crippen LogP contribution in [-0.4, -0.2) is 17.5 Å². The average molecular weight is 388 g/mol. The lowest BCUT2D eigenvalue weighted by Gasteiger charge is -2.07. The van der Waals surface area contributed by atoms with Crippen molar-refractivity contribution in [1.82, 2.24) is 4.98 Å². The van der Waals surface area contributed by atoms with Crippen molar-refractivity contribution in [2.75, 3.05) is 11.9 Å². The number of halogens is 5. The molecule has 0 saturated carbocycles. The van der Waals surface area contributed by atoms with Crippen LogP contribution in [0.3, 0.4) is 0 Å². The van der Waals surface area contributed by atoms with Crippen molar-refractivity contribution in [3.05, 3.63) is 52.8 Å². The van der Waals surface area contributed by atoms with Crippen molar-refractivity contribution in [2.45, 2.75) is 6.92 Å². The molecule has 1 N–H and O–H groups in total. The van der Waals surface area contributed by atoms with Gasteiger partial charge < -0.3 is 4.74 Å². The third-order valence-electron chi connectivity index (χ3n) is 3.33. The highest BCUT2D eigenvalue weighted by molar-refractivity contribution is 7.22. The van der Waals surface area contributed by atoms with Gasteiger partial charge in [0.05, 0.1) is 16.8 Å². The van der Waals surface area contributed by atoms with Crippen molar-refractivity contribution in [2.24, 2.45) is 0 Å². The second-order valence-electron chi connectivity index (χ2n) is 4.98. The van der Waals surface area contributed by atoms with Crippen LogP contribution in [0, 0.1) is 29.1 Å². The van der Waals surface area contributed by atoms with Crippen LogP contribution in [0.15, 0.2) is 18.2 Å². The number of thiazole rings is 1. The largest absolute Gasteiger partial charge is 0.494 e. The lowest BCUT2D eigenvalue weighted by Crippen LogP contribution is -2.19. The van der Waals surface area contributed by atoms with Crippen LogP contribution in [0.1, 0.15) is 17.3 Å². The molecule has 0 aliphatic heterocycles. The molecule has 0 radical (unpaired) electrons. The Kier molecular flexibility index (Phi) is 4.77. The summed E-state index contributed by atoms with van der Waals surface area (Å²) in [4.78, 5) is 16.0. The van der Waals surface area contributed by atoms with Crippen molar-refractivity contribution >= 4 is 32.6 Å². The minimum Gasteiger partial charge on any atom is -0.494 e. The summed E-state index contributed by atoms with van der Waals surface area (Å²) < 4.78 is 72.8. The standard InChI is InChI=1S/C16H9F5N2O2S/c1-2-25-6-3-4-7-8(5-6)26-16(22-7)23-15(24)9-10(17)12(19)14(21)13(20)11(9)18/h3-5H,2H2,1H3,(H,22,23,24). The van der Waals surface area contributed by atoms with E-state index in [1.54, 1.807) is 25.1 Å². The van der Waals surface area contributed by atoms with Gasteiger partial charge in [-0.05, 0) is 25.1 Å². The van der Waals surface area contributed by atoms with E-state index in [-0.39, 0.29) is 5.13 Å². The number of hydrogen-bond donors (Lipinski definition) is 1. The molecule has 0 unspecified atom stereocenters. The van der Waals surface area contributed by atoms with Crippen LogP contribution in [0.4, 0.5) is 27.1 Å². The zero-order valence-electron chi connectivity index (χ0n) is 13.0. The summed E-state index contributed by atoms with van der Waals surface area (Å²) in [6.45, 7) is 2.24. The highest BCUT2D eigenvalue weighted by Crippen LogP contribution is 2.30. The topological polar surface area (TPSA) is 51.2 Å². The predicted octanol–water partition coefficient (Wildman–Crippen LogP) is 4.64. The molecular weight excluding hydrogens is 379 g/mol. The number of benzene rings is 2. The van der Waals surface area contributed by atoms with Gasteiger partial charge in [0, 0.05) is 0 Å². The minimum absolute atomic E-state index is 0.0670. The summed E-state index contributed by atoms with van der Waals surface area (Å²) in [5.74, 6) is -12.1. The molecule has 1 heterocycles. The van der Waals surface area contributed by atoms with E-state index in [4.69, 9.17) is 4.74 Å². The van der Waals surface area contributed by atoms with E-state index in [0.717, 1.165) is 11.3 Å². The van der Waals surface area contributed by atoms with E-state index in [9.17, 15) is 26.7 Å². The highest BCUT2D eigenvalue weighted by atomic mass is 32.1. The summed E-state index contributed by atoms with van der Waals surface area (Å²) in [5.41, 5.74) is -1.11. The molecule has 0 bridgehead atoms. The minimum atomic E-state index is -2.33. The first-order valence-electron chi connectivity index (χ1n) is 7.19. The molecule has 0 aliphatic carbocycles. The number of nitrogens with zero attached hydrogens (tertiary/aromatic N) is 1. The van der Waals surface area contributed by atoms with E-state index in [1.807, 2.05) is 5.32 Å². The molecule has 1 amide bonds. The number of fused-ring (bicyclic) bond motifs is 1. The van der Waals surface area contributed by atoms with Crippen molar-refractivity contribution in [3.63, 3.8) is 0 Å². The first-order valence-corrected chi connectivity index (χ1v) is 8.01. The molecule has 0 aliphatic rings.